The topological polar surface area (TPSA) is 73.2 Å². The van der Waals surface area contributed by atoms with Gasteiger partial charge in [-0.1, -0.05) is 47.2 Å². The summed E-state index contributed by atoms with van der Waals surface area (Å²) in [6.45, 7) is -1.29. The number of carbonyl (C=O) groups excluding carboxylic acids is 1. The number of carbonyl (C=O) groups is 1. The van der Waals surface area contributed by atoms with Crippen LogP contribution in [0.3, 0.4) is 0 Å². The van der Waals surface area contributed by atoms with Gasteiger partial charge in [0, 0.05) is 12.0 Å². The summed E-state index contributed by atoms with van der Waals surface area (Å²) in [5.41, 5.74) is 0.283. The van der Waals surface area contributed by atoms with Crippen LogP contribution in [0.15, 0.2) is 47.6 Å². The molecule has 1 fully saturated rings. The lowest BCUT2D eigenvalue weighted by Gasteiger charge is -2.34. The Morgan fingerprint density at radius 3 is 2.33 bits per heavy atom. The minimum Gasteiger partial charge on any atom is -0.426 e. The summed E-state index contributed by atoms with van der Waals surface area (Å²) in [6, 6.07) is 10.1. The molecule has 0 spiro atoms. The Bertz CT molecular complexity index is 1480. The molecule has 0 amide bonds. The molecule has 0 radical (unpaired) electrons. The van der Waals surface area contributed by atoms with Crippen LogP contribution in [-0.4, -0.2) is 47.7 Å². The van der Waals surface area contributed by atoms with Crippen molar-refractivity contribution in [1.82, 2.24) is 4.98 Å². The van der Waals surface area contributed by atoms with E-state index < -0.39 is 42.9 Å². The van der Waals surface area contributed by atoms with Crippen molar-refractivity contribution < 1.29 is 58.4 Å². The van der Waals surface area contributed by atoms with Crippen LogP contribution in [0.4, 0.5) is 44.6 Å². The maximum absolute atomic E-state index is 14.4. The Hall–Kier alpha value is -3.31. The van der Waals surface area contributed by atoms with Crippen LogP contribution in [0.1, 0.15) is 44.1 Å². The number of fused-ring (bicyclic) bond motifs is 1. The summed E-state index contributed by atoms with van der Waals surface area (Å²) < 4.78 is 132. The van der Waals surface area contributed by atoms with Gasteiger partial charge in [-0.25, -0.2) is 9.99 Å². The molecule has 1 saturated carbocycles. The predicted molar refractivity (Wildman–Crippen MR) is 146 cm³/mol. The third-order valence-corrected chi connectivity index (χ3v) is 8.06. The van der Waals surface area contributed by atoms with Crippen LogP contribution in [0.5, 0.6) is 11.5 Å². The molecule has 1 aromatic heterocycles. The van der Waals surface area contributed by atoms with Gasteiger partial charge in [-0.05, 0) is 43.2 Å². The van der Waals surface area contributed by atoms with Gasteiger partial charge in [-0.15, -0.1) is 0 Å². The highest BCUT2D eigenvalue weighted by atomic mass is 35.5. The zero-order valence-corrected chi connectivity index (χ0v) is 24.4. The van der Waals surface area contributed by atoms with Crippen molar-refractivity contribution in [1.29, 1.82) is 0 Å². The average Bonchev–Trinajstić information content (AvgIpc) is 3.42. The molecular weight excluding hydrogens is 669 g/mol. The number of hydrogen-bond donors (Lipinski definition) is 0. The summed E-state index contributed by atoms with van der Waals surface area (Å²) in [5, 5.41) is 4.39. The largest absolute Gasteiger partial charge is 0.460 e. The van der Waals surface area contributed by atoms with Crippen molar-refractivity contribution in [2.75, 3.05) is 11.6 Å². The molecule has 18 heteroatoms. The quantitative estimate of drug-likeness (QED) is 0.0472. The van der Waals surface area contributed by atoms with Crippen molar-refractivity contribution in [3.8, 4) is 11.5 Å². The molecule has 0 unspecified atom stereocenters. The lowest BCUT2D eigenvalue weighted by Crippen LogP contribution is -2.61. The number of nitrogens with zero attached hydrogens (tertiary/aromatic N) is 3. The molecule has 7 nitrogen and oxygen atoms in total. The number of rotatable bonds is 12. The van der Waals surface area contributed by atoms with Gasteiger partial charge in [0.2, 0.25) is 5.13 Å². The van der Waals surface area contributed by atoms with Crippen LogP contribution >= 0.6 is 23.2 Å². The lowest BCUT2D eigenvalue weighted by atomic mass is 9.89. The number of hydrogen-bond acceptors (Lipinski definition) is 8. The van der Waals surface area contributed by atoms with Crippen molar-refractivity contribution >= 4 is 50.7 Å². The number of esters is 1. The second-order valence-corrected chi connectivity index (χ2v) is 11.2. The molecule has 4 rings (SSSR count). The highest BCUT2D eigenvalue weighted by Crippen LogP contribution is 2.54. The van der Waals surface area contributed by atoms with Crippen LogP contribution < -0.4 is 14.6 Å². The number of para-hydroxylation sites is 1. The first-order valence-electron chi connectivity index (χ1n) is 13.3. The lowest BCUT2D eigenvalue weighted by molar-refractivity contribution is -0.396. The number of alkyl halides is 9. The van der Waals surface area contributed by atoms with Crippen molar-refractivity contribution in [2.24, 2.45) is 11.0 Å². The van der Waals surface area contributed by atoms with Crippen molar-refractivity contribution in [3.63, 3.8) is 0 Å². The summed E-state index contributed by atoms with van der Waals surface area (Å²) in [5.74, 6) is -20.6. The predicted octanol–water partition coefficient (Wildman–Crippen LogP) is 8.94. The second kappa shape index (κ2) is 13.6. The van der Waals surface area contributed by atoms with E-state index in [2.05, 4.69) is 14.5 Å². The number of halogens is 10. The van der Waals surface area contributed by atoms with Gasteiger partial charge in [0.05, 0.1) is 28.9 Å². The average molecular weight is 692 g/mol. The minimum absolute atomic E-state index is 0.0149. The molecule has 45 heavy (non-hydrogen) atoms. The van der Waals surface area contributed by atoms with Gasteiger partial charge >= 0.3 is 29.9 Å². The van der Waals surface area contributed by atoms with E-state index in [4.69, 9.17) is 21.5 Å². The standard InChI is InChI=1S/C27H23ClF9N3O4S/c28-44-43-20-11-10-18(42-22(41)16-6-2-1-3-7-16)14-17(20)15-38-40(23-39-19-8-4-5-9-21(19)45-23)13-12-24(29,30)25(31,32)26(33,34)27(35,36)37/h4-5,8-11,14-16H,1-3,6-7,12-13H2/b38-15+. The van der Waals surface area contributed by atoms with Gasteiger partial charge in [0.1, 0.15) is 17.6 Å². The molecule has 0 atom stereocenters. The van der Waals surface area contributed by atoms with E-state index in [1.165, 1.54) is 24.3 Å². The summed E-state index contributed by atoms with van der Waals surface area (Å²) in [7, 11) is 0. The normalized spacial score (nSPS) is 15.5. The van der Waals surface area contributed by atoms with E-state index >= 15 is 0 Å². The van der Waals surface area contributed by atoms with Crippen LogP contribution in [0.2, 0.25) is 0 Å². The Morgan fingerprint density at radius 2 is 1.69 bits per heavy atom. The number of aromatic nitrogens is 1. The fourth-order valence-corrected chi connectivity index (χ4v) is 5.47. The maximum atomic E-state index is 14.4. The second-order valence-electron chi connectivity index (χ2n) is 10.0. The molecule has 1 heterocycles. The first-order valence-corrected chi connectivity index (χ1v) is 14.4. The first kappa shape index (κ1) is 34.6. The number of thiazole rings is 1. The molecule has 1 aliphatic rings. The van der Waals surface area contributed by atoms with E-state index in [1.807, 2.05) is 0 Å². The monoisotopic (exact) mass is 691 g/mol. The molecule has 246 valence electrons. The molecule has 0 bridgehead atoms. The van der Waals surface area contributed by atoms with Crippen molar-refractivity contribution in [3.05, 3.63) is 48.0 Å². The van der Waals surface area contributed by atoms with Crippen LogP contribution in [0, 0.1) is 5.92 Å². The fraction of sp³-hybridized carbons (Fsp3) is 0.444. The number of hydrazone groups is 1. The van der Waals surface area contributed by atoms with Gasteiger partial charge in [0.25, 0.3) is 0 Å². The highest BCUT2D eigenvalue weighted by molar-refractivity contribution is 7.22. The van der Waals surface area contributed by atoms with E-state index in [1.54, 1.807) is 18.2 Å². The van der Waals surface area contributed by atoms with E-state index in [0.717, 1.165) is 36.8 Å². The molecule has 1 aliphatic carbocycles. The number of anilines is 1. The third-order valence-electron chi connectivity index (χ3n) is 6.95. The van der Waals surface area contributed by atoms with E-state index in [-0.39, 0.29) is 28.1 Å². The van der Waals surface area contributed by atoms with Gasteiger partial charge in [0.15, 0.2) is 5.75 Å². The van der Waals surface area contributed by atoms with Crippen molar-refractivity contribution in [2.45, 2.75) is 62.5 Å². The maximum Gasteiger partial charge on any atom is 0.460 e. The summed E-state index contributed by atoms with van der Waals surface area (Å²) in [4.78, 5) is 21.6. The Morgan fingerprint density at radius 1 is 1.00 bits per heavy atom. The third kappa shape index (κ3) is 7.57. The molecule has 2 aromatic carbocycles. The van der Waals surface area contributed by atoms with E-state index in [0.29, 0.717) is 28.1 Å². The molecule has 0 N–H and O–H groups in total. The molecule has 0 saturated heterocycles. The highest BCUT2D eigenvalue weighted by Gasteiger charge is 2.81. The minimum atomic E-state index is -7.03. The summed E-state index contributed by atoms with van der Waals surface area (Å²) in [6.07, 6.45) is -4.21. The number of benzene rings is 2. The molecular formula is C27H23ClF9N3O4S. The smallest absolute Gasteiger partial charge is 0.426 e. The zero-order valence-electron chi connectivity index (χ0n) is 22.8. The molecule has 3 aromatic rings. The molecule has 0 aliphatic heterocycles. The van der Waals surface area contributed by atoms with E-state index in [9.17, 15) is 44.3 Å². The Kier molecular flexibility index (Phi) is 10.4. The van der Waals surface area contributed by atoms with Crippen LogP contribution in [0.25, 0.3) is 10.2 Å². The summed E-state index contributed by atoms with van der Waals surface area (Å²) >= 11 is 6.03. The SMILES string of the molecule is O=C(Oc1ccc(OOCl)c(/C=N/N(CCC(F)(F)C(F)(F)C(F)(F)C(F)(F)F)c2nc3ccccc3s2)c1)C1CCCCC1. The zero-order chi connectivity index (χ0) is 33.0. The Balaban J connectivity index is 1.65. The van der Waals surface area contributed by atoms with Gasteiger partial charge < -0.3 is 9.62 Å². The fourth-order valence-electron chi connectivity index (χ4n) is 4.45. The van der Waals surface area contributed by atoms with Crippen LogP contribution in [-0.2, 0) is 9.23 Å². The van der Waals surface area contributed by atoms with Gasteiger partial charge in [-0.3, -0.25) is 4.79 Å². The first-order chi connectivity index (χ1) is 21.1. The Labute approximate surface area is 258 Å². The van der Waals surface area contributed by atoms with Gasteiger partial charge in [-0.2, -0.15) is 44.6 Å². The number of ether oxygens (including phenoxy) is 1.